The molecule has 0 radical (unpaired) electrons. The fourth-order valence-corrected chi connectivity index (χ4v) is 3.68. The van der Waals surface area contributed by atoms with Gasteiger partial charge in [0.05, 0.1) is 23.2 Å². The average Bonchev–Trinajstić information content (AvgIpc) is 3.04. The van der Waals surface area contributed by atoms with Crippen LogP contribution < -0.4 is 4.74 Å². The summed E-state index contributed by atoms with van der Waals surface area (Å²) in [5, 5.41) is 1.85. The zero-order valence-corrected chi connectivity index (χ0v) is 15.9. The van der Waals surface area contributed by atoms with Crippen molar-refractivity contribution in [2.24, 2.45) is 0 Å². The van der Waals surface area contributed by atoms with Gasteiger partial charge in [-0.3, -0.25) is 0 Å². The Hall–Kier alpha value is -3.11. The lowest BCUT2D eigenvalue weighted by Crippen LogP contribution is -2.05. The fourth-order valence-electron chi connectivity index (χ4n) is 3.55. The highest BCUT2D eigenvalue weighted by molar-refractivity contribution is 6.30. The molecule has 0 fully saturated rings. The molecule has 4 nitrogen and oxygen atoms in total. The minimum absolute atomic E-state index is 0.622. The molecule has 0 aliphatic heterocycles. The molecule has 0 amide bonds. The number of para-hydroxylation sites is 3. The van der Waals surface area contributed by atoms with E-state index in [0.29, 0.717) is 11.6 Å². The second-order valence-electron chi connectivity index (χ2n) is 6.71. The summed E-state index contributed by atoms with van der Waals surface area (Å²) >= 11 is 5.92. The van der Waals surface area contributed by atoms with Crippen molar-refractivity contribution in [2.75, 3.05) is 6.61 Å². The van der Waals surface area contributed by atoms with Crippen molar-refractivity contribution in [1.29, 1.82) is 0 Å². The van der Waals surface area contributed by atoms with Gasteiger partial charge >= 0.3 is 0 Å². The van der Waals surface area contributed by atoms with Crippen molar-refractivity contribution in [1.82, 2.24) is 14.5 Å². The van der Waals surface area contributed by atoms with E-state index in [0.717, 1.165) is 51.8 Å². The Balaban J connectivity index is 1.46. The first-order valence-electron chi connectivity index (χ1n) is 9.32. The van der Waals surface area contributed by atoms with Gasteiger partial charge in [-0.05, 0) is 48.9 Å². The summed E-state index contributed by atoms with van der Waals surface area (Å²) < 4.78 is 8.09. The number of aryl methyl sites for hydroxylation is 1. The van der Waals surface area contributed by atoms with E-state index in [1.165, 1.54) is 0 Å². The third-order valence-corrected chi connectivity index (χ3v) is 5.12. The number of ether oxygens (including phenoxy) is 1. The molecular weight excluding hydrogens is 370 g/mol. The molecule has 5 rings (SSSR count). The highest BCUT2D eigenvalue weighted by atomic mass is 35.5. The first kappa shape index (κ1) is 17.0. The Morgan fingerprint density at radius 1 is 0.821 bits per heavy atom. The molecule has 0 unspecified atom stereocenters. The van der Waals surface area contributed by atoms with Gasteiger partial charge in [0, 0.05) is 17.0 Å². The van der Waals surface area contributed by atoms with Crippen LogP contribution in [-0.4, -0.2) is 21.1 Å². The molecule has 3 aromatic carbocycles. The molecule has 0 bridgehead atoms. The number of aromatic nitrogens is 3. The van der Waals surface area contributed by atoms with E-state index in [2.05, 4.69) is 22.8 Å². The van der Waals surface area contributed by atoms with Crippen molar-refractivity contribution < 1.29 is 4.74 Å². The Morgan fingerprint density at radius 3 is 2.36 bits per heavy atom. The smallest absolute Gasteiger partial charge is 0.160 e. The van der Waals surface area contributed by atoms with Crippen molar-refractivity contribution in [2.45, 2.75) is 13.0 Å². The Labute approximate surface area is 167 Å². The van der Waals surface area contributed by atoms with Gasteiger partial charge in [0.1, 0.15) is 11.3 Å². The van der Waals surface area contributed by atoms with Crippen LogP contribution in [0.25, 0.3) is 33.1 Å². The summed E-state index contributed by atoms with van der Waals surface area (Å²) in [6.07, 6.45) is 0.866. The minimum Gasteiger partial charge on any atom is -0.494 e. The zero-order valence-electron chi connectivity index (χ0n) is 15.2. The average molecular weight is 388 g/mol. The molecule has 0 aliphatic rings. The van der Waals surface area contributed by atoms with E-state index in [9.17, 15) is 0 Å². The maximum Gasteiger partial charge on any atom is 0.160 e. The van der Waals surface area contributed by atoms with E-state index in [4.69, 9.17) is 26.3 Å². The second-order valence-corrected chi connectivity index (χ2v) is 7.15. The summed E-state index contributed by atoms with van der Waals surface area (Å²) in [7, 11) is 0. The topological polar surface area (TPSA) is 39.9 Å². The van der Waals surface area contributed by atoms with Crippen LogP contribution in [0.2, 0.25) is 5.02 Å². The van der Waals surface area contributed by atoms with E-state index in [1.807, 2.05) is 54.6 Å². The van der Waals surface area contributed by atoms with Crippen LogP contribution in [0.4, 0.5) is 0 Å². The number of rotatable bonds is 5. The highest BCUT2D eigenvalue weighted by Crippen LogP contribution is 2.28. The number of halogens is 1. The van der Waals surface area contributed by atoms with Crippen LogP contribution in [0, 0.1) is 0 Å². The molecule has 2 heterocycles. The normalized spacial score (nSPS) is 11.5. The largest absolute Gasteiger partial charge is 0.494 e. The maximum atomic E-state index is 5.92. The molecule has 0 saturated carbocycles. The lowest BCUT2D eigenvalue weighted by molar-refractivity contribution is 0.303. The number of nitrogens with zero attached hydrogens (tertiary/aromatic N) is 3. The molecule has 0 atom stereocenters. The van der Waals surface area contributed by atoms with E-state index in [1.54, 1.807) is 0 Å². The lowest BCUT2D eigenvalue weighted by Gasteiger charge is -2.09. The lowest BCUT2D eigenvalue weighted by atomic mass is 10.2. The van der Waals surface area contributed by atoms with Gasteiger partial charge < -0.3 is 9.30 Å². The fraction of sp³-hybridized carbons (Fsp3) is 0.130. The number of fused-ring (bicyclic) bond motifs is 4. The third-order valence-electron chi connectivity index (χ3n) is 4.87. The standard InChI is InChI=1S/C23H18ClN3O/c24-16-10-12-17(13-11-16)28-15-5-14-27-21-9-4-1-6-18(21)22-23(27)26-20-8-3-2-7-19(20)25-22/h1-4,6-13H,5,14-15H2. The van der Waals surface area contributed by atoms with Gasteiger partial charge in [-0.2, -0.15) is 0 Å². The van der Waals surface area contributed by atoms with Crippen molar-refractivity contribution >= 4 is 44.7 Å². The van der Waals surface area contributed by atoms with E-state index in [-0.39, 0.29) is 0 Å². The molecule has 0 aliphatic carbocycles. The monoisotopic (exact) mass is 387 g/mol. The minimum atomic E-state index is 0.622. The zero-order chi connectivity index (χ0) is 18.9. The third kappa shape index (κ3) is 3.06. The molecule has 5 aromatic rings. The molecule has 138 valence electrons. The van der Waals surface area contributed by atoms with Gasteiger partial charge in [-0.15, -0.1) is 0 Å². The molecular formula is C23H18ClN3O. The molecule has 0 N–H and O–H groups in total. The summed E-state index contributed by atoms with van der Waals surface area (Å²) in [5.41, 5.74) is 4.86. The van der Waals surface area contributed by atoms with Crippen molar-refractivity contribution in [3.05, 3.63) is 77.8 Å². The van der Waals surface area contributed by atoms with Gasteiger partial charge in [0.2, 0.25) is 0 Å². The Bertz CT molecular complexity index is 1280. The van der Waals surface area contributed by atoms with Crippen LogP contribution in [0.3, 0.4) is 0 Å². The highest BCUT2D eigenvalue weighted by Gasteiger charge is 2.13. The summed E-state index contributed by atoms with van der Waals surface area (Å²) in [4.78, 5) is 9.79. The van der Waals surface area contributed by atoms with Crippen LogP contribution in [0.15, 0.2) is 72.8 Å². The molecule has 28 heavy (non-hydrogen) atoms. The molecule has 0 saturated heterocycles. The van der Waals surface area contributed by atoms with Crippen LogP contribution in [-0.2, 0) is 6.54 Å². The summed E-state index contributed by atoms with van der Waals surface area (Å²) in [6.45, 7) is 1.43. The first-order valence-corrected chi connectivity index (χ1v) is 9.69. The first-order chi connectivity index (χ1) is 13.8. The van der Waals surface area contributed by atoms with Crippen molar-refractivity contribution in [3.8, 4) is 5.75 Å². The van der Waals surface area contributed by atoms with Gasteiger partial charge in [-0.25, -0.2) is 9.97 Å². The molecule has 5 heteroatoms. The quantitative estimate of drug-likeness (QED) is 0.354. The summed E-state index contributed by atoms with van der Waals surface area (Å²) in [5.74, 6) is 0.831. The van der Waals surface area contributed by atoms with E-state index >= 15 is 0 Å². The molecule has 2 aromatic heterocycles. The van der Waals surface area contributed by atoms with E-state index < -0.39 is 0 Å². The maximum absolute atomic E-state index is 5.92. The number of benzene rings is 3. The van der Waals surface area contributed by atoms with Gasteiger partial charge in [-0.1, -0.05) is 41.9 Å². The molecule has 0 spiro atoms. The van der Waals surface area contributed by atoms with Crippen LogP contribution >= 0.6 is 11.6 Å². The number of hydrogen-bond acceptors (Lipinski definition) is 3. The summed E-state index contributed by atoms with van der Waals surface area (Å²) in [6, 6.07) is 23.8. The van der Waals surface area contributed by atoms with Gasteiger partial charge in [0.15, 0.2) is 5.65 Å². The SMILES string of the molecule is Clc1ccc(OCCCn2c3ccccc3c3nc4ccccc4nc32)cc1. The Kier molecular flexibility index (Phi) is 4.34. The van der Waals surface area contributed by atoms with Gasteiger partial charge in [0.25, 0.3) is 0 Å². The number of hydrogen-bond donors (Lipinski definition) is 0. The van der Waals surface area contributed by atoms with Crippen LogP contribution in [0.5, 0.6) is 5.75 Å². The van der Waals surface area contributed by atoms with Crippen molar-refractivity contribution in [3.63, 3.8) is 0 Å². The second kappa shape index (κ2) is 7.13. The predicted octanol–water partition coefficient (Wildman–Crippen LogP) is 5.86. The Morgan fingerprint density at radius 2 is 1.54 bits per heavy atom. The van der Waals surface area contributed by atoms with Crippen LogP contribution in [0.1, 0.15) is 6.42 Å². The predicted molar refractivity (Wildman–Crippen MR) is 114 cm³/mol.